The van der Waals surface area contributed by atoms with Crippen LogP contribution in [0.3, 0.4) is 0 Å². The fourth-order valence-electron chi connectivity index (χ4n) is 4.98. The zero-order valence-corrected chi connectivity index (χ0v) is 20.0. The number of pyridine rings is 1. The second-order valence-corrected chi connectivity index (χ2v) is 8.98. The molecule has 0 radical (unpaired) electrons. The Balaban J connectivity index is 0.00000241. The molecule has 4 heterocycles. The maximum atomic E-state index is 13.0. The SMILES string of the molecule is Cl.Cn1ccc2cc(-c3ccn(-c4ccc5c(cnn5CCN5CCCC5)c4)c(=O)c3)ccc21. The molecule has 1 fully saturated rings. The van der Waals surface area contributed by atoms with Crippen LogP contribution in [0, 0.1) is 0 Å². The first-order chi connectivity index (χ1) is 16.2. The largest absolute Gasteiger partial charge is 0.351 e. The third kappa shape index (κ3) is 4.04. The van der Waals surface area contributed by atoms with E-state index in [0.29, 0.717) is 0 Å². The topological polar surface area (TPSA) is 48.0 Å². The van der Waals surface area contributed by atoms with E-state index >= 15 is 0 Å². The molecule has 34 heavy (non-hydrogen) atoms. The molecule has 5 aromatic rings. The van der Waals surface area contributed by atoms with E-state index in [9.17, 15) is 4.79 Å². The predicted octanol–water partition coefficient (Wildman–Crippen LogP) is 4.86. The molecular weight excluding hydrogens is 446 g/mol. The Morgan fingerprint density at radius 2 is 1.62 bits per heavy atom. The molecule has 174 valence electrons. The van der Waals surface area contributed by atoms with Gasteiger partial charge in [0, 0.05) is 54.0 Å². The Morgan fingerprint density at radius 1 is 0.824 bits per heavy atom. The highest BCUT2D eigenvalue weighted by Gasteiger charge is 2.13. The molecule has 0 spiro atoms. The van der Waals surface area contributed by atoms with Crippen LogP contribution in [0.15, 0.2) is 78.0 Å². The van der Waals surface area contributed by atoms with E-state index in [0.717, 1.165) is 40.8 Å². The number of nitrogens with zero attached hydrogens (tertiary/aromatic N) is 5. The summed E-state index contributed by atoms with van der Waals surface area (Å²) in [7, 11) is 2.04. The average Bonchev–Trinajstić information content (AvgIpc) is 3.57. The van der Waals surface area contributed by atoms with Crippen molar-refractivity contribution < 1.29 is 0 Å². The molecule has 0 bridgehead atoms. The van der Waals surface area contributed by atoms with Gasteiger partial charge in [0.05, 0.1) is 18.3 Å². The van der Waals surface area contributed by atoms with Crippen LogP contribution >= 0.6 is 12.4 Å². The second-order valence-electron chi connectivity index (χ2n) is 8.98. The highest BCUT2D eigenvalue weighted by Crippen LogP contribution is 2.25. The van der Waals surface area contributed by atoms with Gasteiger partial charge in [0.15, 0.2) is 0 Å². The second kappa shape index (κ2) is 9.12. The number of halogens is 1. The summed E-state index contributed by atoms with van der Waals surface area (Å²) in [6.45, 7) is 4.32. The molecule has 0 atom stereocenters. The molecule has 3 aromatic heterocycles. The molecule has 0 N–H and O–H groups in total. The highest BCUT2D eigenvalue weighted by molar-refractivity contribution is 5.86. The highest BCUT2D eigenvalue weighted by atomic mass is 35.5. The fraction of sp³-hybridized carbons (Fsp3) is 0.259. The number of aromatic nitrogens is 4. The number of rotatable bonds is 5. The summed E-state index contributed by atoms with van der Waals surface area (Å²) in [5, 5.41) is 6.82. The minimum Gasteiger partial charge on any atom is -0.351 e. The van der Waals surface area contributed by atoms with E-state index in [1.165, 1.54) is 36.8 Å². The molecule has 6 nitrogen and oxygen atoms in total. The van der Waals surface area contributed by atoms with Gasteiger partial charge in [0.2, 0.25) is 0 Å². The van der Waals surface area contributed by atoms with Gasteiger partial charge in [-0.15, -0.1) is 12.4 Å². The first-order valence-electron chi connectivity index (χ1n) is 11.6. The van der Waals surface area contributed by atoms with Crippen molar-refractivity contribution in [1.82, 2.24) is 23.8 Å². The lowest BCUT2D eigenvalue weighted by Crippen LogP contribution is -2.24. The first kappa shape index (κ1) is 22.4. The van der Waals surface area contributed by atoms with Gasteiger partial charge in [-0.3, -0.25) is 14.0 Å². The van der Waals surface area contributed by atoms with E-state index in [4.69, 9.17) is 0 Å². The number of hydrogen-bond donors (Lipinski definition) is 0. The quantitative estimate of drug-likeness (QED) is 0.366. The van der Waals surface area contributed by atoms with Gasteiger partial charge in [-0.1, -0.05) is 6.07 Å². The smallest absolute Gasteiger partial charge is 0.255 e. The van der Waals surface area contributed by atoms with Crippen molar-refractivity contribution >= 4 is 34.2 Å². The van der Waals surface area contributed by atoms with Crippen molar-refractivity contribution in [3.63, 3.8) is 0 Å². The number of likely N-dealkylation sites (tertiary alicyclic amines) is 1. The normalized spacial score (nSPS) is 14.1. The summed E-state index contributed by atoms with van der Waals surface area (Å²) in [5.41, 5.74) is 5.09. The number of fused-ring (bicyclic) bond motifs is 2. The van der Waals surface area contributed by atoms with Crippen LogP contribution in [-0.4, -0.2) is 43.4 Å². The third-order valence-corrected chi connectivity index (χ3v) is 6.87. The van der Waals surface area contributed by atoms with Crippen molar-refractivity contribution in [2.24, 2.45) is 7.05 Å². The van der Waals surface area contributed by atoms with Crippen molar-refractivity contribution in [1.29, 1.82) is 0 Å². The molecule has 1 aliphatic rings. The van der Waals surface area contributed by atoms with Gasteiger partial charge in [-0.25, -0.2) is 0 Å². The van der Waals surface area contributed by atoms with Crippen LogP contribution in [0.4, 0.5) is 0 Å². The zero-order valence-electron chi connectivity index (χ0n) is 19.2. The van der Waals surface area contributed by atoms with Crippen molar-refractivity contribution in [2.75, 3.05) is 19.6 Å². The lowest BCUT2D eigenvalue weighted by atomic mass is 10.1. The Labute approximate surface area is 204 Å². The van der Waals surface area contributed by atoms with Crippen molar-refractivity contribution in [3.8, 4) is 16.8 Å². The van der Waals surface area contributed by atoms with Gasteiger partial charge in [-0.2, -0.15) is 5.10 Å². The summed E-state index contributed by atoms with van der Waals surface area (Å²) in [4.78, 5) is 15.5. The minimum atomic E-state index is -0.0403. The number of hydrogen-bond acceptors (Lipinski definition) is 3. The number of aryl methyl sites for hydroxylation is 1. The Kier molecular flexibility index (Phi) is 6.02. The zero-order chi connectivity index (χ0) is 22.4. The predicted molar refractivity (Wildman–Crippen MR) is 140 cm³/mol. The van der Waals surface area contributed by atoms with Crippen molar-refractivity contribution in [2.45, 2.75) is 19.4 Å². The fourth-order valence-corrected chi connectivity index (χ4v) is 4.98. The summed E-state index contributed by atoms with van der Waals surface area (Å²) in [6.07, 6.45) is 8.43. The molecule has 1 aliphatic heterocycles. The summed E-state index contributed by atoms with van der Waals surface area (Å²) >= 11 is 0. The molecule has 0 saturated carbocycles. The van der Waals surface area contributed by atoms with Crippen LogP contribution in [0.1, 0.15) is 12.8 Å². The summed E-state index contributed by atoms with van der Waals surface area (Å²) in [6, 6.07) is 18.3. The lowest BCUT2D eigenvalue weighted by Gasteiger charge is -2.14. The molecule has 6 rings (SSSR count). The van der Waals surface area contributed by atoms with E-state index in [2.05, 4.69) is 55.8 Å². The Morgan fingerprint density at radius 3 is 2.44 bits per heavy atom. The van der Waals surface area contributed by atoms with E-state index < -0.39 is 0 Å². The van der Waals surface area contributed by atoms with Gasteiger partial charge in [-0.05, 0) is 79.5 Å². The molecule has 0 amide bonds. The molecule has 7 heteroatoms. The third-order valence-electron chi connectivity index (χ3n) is 6.87. The number of benzene rings is 2. The van der Waals surface area contributed by atoms with Crippen LogP contribution in [0.2, 0.25) is 0 Å². The van der Waals surface area contributed by atoms with Crippen LogP contribution in [-0.2, 0) is 13.6 Å². The molecule has 2 aromatic carbocycles. The van der Waals surface area contributed by atoms with Gasteiger partial charge < -0.3 is 9.47 Å². The standard InChI is InChI=1S/C27H27N5O.ClH/c1-29-12-8-22-16-20(4-6-25(22)29)21-9-13-31(27(33)18-21)24-5-7-26-23(17-24)19-28-32(26)15-14-30-10-2-3-11-30;/h4-9,12-13,16-19H,2-3,10-11,14-15H2,1H3;1H. The van der Waals surface area contributed by atoms with Gasteiger partial charge in [0.1, 0.15) is 0 Å². The maximum absolute atomic E-state index is 13.0. The Bertz CT molecular complexity index is 1520. The van der Waals surface area contributed by atoms with Crippen molar-refractivity contribution in [3.05, 3.63) is 83.5 Å². The minimum absolute atomic E-state index is 0. The average molecular weight is 474 g/mol. The molecular formula is C27H28ClN5O. The van der Waals surface area contributed by atoms with Gasteiger partial charge >= 0.3 is 0 Å². The van der Waals surface area contributed by atoms with Gasteiger partial charge in [0.25, 0.3) is 5.56 Å². The van der Waals surface area contributed by atoms with E-state index in [1.807, 2.05) is 37.6 Å². The van der Waals surface area contributed by atoms with Crippen LogP contribution in [0.25, 0.3) is 38.6 Å². The summed E-state index contributed by atoms with van der Waals surface area (Å²) in [5.74, 6) is 0. The van der Waals surface area contributed by atoms with Crippen LogP contribution < -0.4 is 5.56 Å². The summed E-state index contributed by atoms with van der Waals surface area (Å²) < 4.78 is 5.87. The molecule has 0 aliphatic carbocycles. The molecule has 0 unspecified atom stereocenters. The van der Waals surface area contributed by atoms with E-state index in [1.54, 1.807) is 10.6 Å². The first-order valence-corrected chi connectivity index (χ1v) is 11.6. The van der Waals surface area contributed by atoms with Crippen LogP contribution in [0.5, 0.6) is 0 Å². The molecule has 1 saturated heterocycles. The monoisotopic (exact) mass is 473 g/mol. The maximum Gasteiger partial charge on any atom is 0.255 e. The Hall–Kier alpha value is -3.35. The van der Waals surface area contributed by atoms with E-state index in [-0.39, 0.29) is 18.0 Å². The lowest BCUT2D eigenvalue weighted by molar-refractivity contribution is 0.318.